The fourth-order valence-corrected chi connectivity index (χ4v) is 4.69. The zero-order chi connectivity index (χ0) is 18.1. The molecule has 0 atom stereocenters. The number of fused-ring (bicyclic) bond motifs is 1. The molecule has 1 saturated carbocycles. The molecule has 0 spiro atoms. The quantitative estimate of drug-likeness (QED) is 0.660. The van der Waals surface area contributed by atoms with Gasteiger partial charge in [-0.15, -0.1) is 11.3 Å². The van der Waals surface area contributed by atoms with Crippen molar-refractivity contribution >= 4 is 22.3 Å². The Hall–Kier alpha value is -2.47. The van der Waals surface area contributed by atoms with Gasteiger partial charge in [-0.1, -0.05) is 43.2 Å². The maximum atomic E-state index is 13.0. The summed E-state index contributed by atoms with van der Waals surface area (Å²) in [6, 6.07) is 11.3. The number of carbonyl (C=O) groups is 1. The van der Waals surface area contributed by atoms with Gasteiger partial charge < -0.3 is 4.74 Å². The molecule has 4 rings (SSSR count). The Morgan fingerprint density at radius 2 is 2.00 bits per heavy atom. The molecule has 5 nitrogen and oxygen atoms in total. The topological polar surface area (TPSA) is 60.7 Å². The lowest BCUT2D eigenvalue weighted by molar-refractivity contribution is -0.152. The first-order valence-corrected chi connectivity index (χ1v) is 9.68. The van der Waals surface area contributed by atoms with E-state index >= 15 is 0 Å². The van der Waals surface area contributed by atoms with E-state index in [0.717, 1.165) is 36.9 Å². The van der Waals surface area contributed by atoms with Gasteiger partial charge in [0.05, 0.1) is 11.1 Å². The number of hydrogen-bond donors (Lipinski definition) is 0. The van der Waals surface area contributed by atoms with Gasteiger partial charge in [0, 0.05) is 17.1 Å². The van der Waals surface area contributed by atoms with Crippen LogP contribution in [0.25, 0.3) is 4.96 Å². The van der Waals surface area contributed by atoms with Crippen molar-refractivity contribution < 1.29 is 9.53 Å². The molecule has 0 bridgehead atoms. The molecule has 0 radical (unpaired) electrons. The number of benzene rings is 1. The SMILES string of the molecule is Cc1csc2nc(COC(=O)C3(c4ccccc4)CCCC3)cc(=O)n12. The Labute approximate surface area is 155 Å². The van der Waals surface area contributed by atoms with E-state index in [4.69, 9.17) is 4.74 Å². The Morgan fingerprint density at radius 1 is 1.27 bits per heavy atom. The first kappa shape index (κ1) is 17.0. The van der Waals surface area contributed by atoms with Crippen molar-refractivity contribution in [3.05, 3.63) is 69.1 Å². The van der Waals surface area contributed by atoms with Crippen LogP contribution in [0.4, 0.5) is 0 Å². The Balaban J connectivity index is 1.57. The van der Waals surface area contributed by atoms with Crippen molar-refractivity contribution in [2.75, 3.05) is 0 Å². The third kappa shape index (κ3) is 2.84. The lowest BCUT2D eigenvalue weighted by Gasteiger charge is -2.27. The molecule has 26 heavy (non-hydrogen) atoms. The third-order valence-corrected chi connectivity index (χ3v) is 6.10. The molecule has 1 aliphatic rings. The third-order valence-electron chi connectivity index (χ3n) is 5.15. The molecule has 6 heteroatoms. The van der Waals surface area contributed by atoms with Crippen molar-refractivity contribution in [3.63, 3.8) is 0 Å². The smallest absolute Gasteiger partial charge is 0.316 e. The van der Waals surface area contributed by atoms with Crippen molar-refractivity contribution in [3.8, 4) is 0 Å². The minimum absolute atomic E-state index is 0.0239. The predicted molar refractivity (Wildman–Crippen MR) is 100 cm³/mol. The molecule has 1 aliphatic carbocycles. The normalized spacial score (nSPS) is 16.0. The molecule has 2 heterocycles. The fraction of sp³-hybridized carbons (Fsp3) is 0.350. The maximum absolute atomic E-state index is 13.0. The molecular formula is C20H20N2O3S. The number of hydrogen-bond acceptors (Lipinski definition) is 5. The van der Waals surface area contributed by atoms with Crippen LogP contribution in [-0.2, 0) is 21.6 Å². The van der Waals surface area contributed by atoms with E-state index in [1.54, 1.807) is 4.40 Å². The van der Waals surface area contributed by atoms with Crippen LogP contribution < -0.4 is 5.56 Å². The van der Waals surface area contributed by atoms with Crippen LogP contribution in [0.15, 0.2) is 46.6 Å². The molecular weight excluding hydrogens is 348 g/mol. The molecule has 1 fully saturated rings. The van der Waals surface area contributed by atoms with Gasteiger partial charge in [0.25, 0.3) is 5.56 Å². The lowest BCUT2D eigenvalue weighted by Crippen LogP contribution is -2.34. The molecule has 0 aliphatic heterocycles. The Bertz CT molecular complexity index is 1000. The van der Waals surface area contributed by atoms with Crippen molar-refractivity contribution in [2.24, 2.45) is 0 Å². The van der Waals surface area contributed by atoms with Crippen LogP contribution in [0.1, 0.15) is 42.6 Å². The van der Waals surface area contributed by atoms with Gasteiger partial charge in [0.2, 0.25) is 0 Å². The largest absolute Gasteiger partial charge is 0.458 e. The highest BCUT2D eigenvalue weighted by Crippen LogP contribution is 2.42. The van der Waals surface area contributed by atoms with Crippen LogP contribution in [0.5, 0.6) is 0 Å². The van der Waals surface area contributed by atoms with Crippen molar-refractivity contribution in [1.29, 1.82) is 0 Å². The molecule has 0 N–H and O–H groups in total. The van der Waals surface area contributed by atoms with E-state index in [-0.39, 0.29) is 18.1 Å². The molecule has 3 aromatic rings. The summed E-state index contributed by atoms with van der Waals surface area (Å²) in [5.74, 6) is -0.217. The second-order valence-electron chi connectivity index (χ2n) is 6.81. The second-order valence-corrected chi connectivity index (χ2v) is 7.65. The van der Waals surface area contributed by atoms with Gasteiger partial charge in [-0.2, -0.15) is 0 Å². The van der Waals surface area contributed by atoms with E-state index in [1.807, 2.05) is 42.6 Å². The van der Waals surface area contributed by atoms with E-state index in [1.165, 1.54) is 17.4 Å². The van der Waals surface area contributed by atoms with Crippen molar-refractivity contribution in [2.45, 2.75) is 44.6 Å². The summed E-state index contributed by atoms with van der Waals surface area (Å²) in [4.78, 5) is 30.3. The number of ether oxygens (including phenoxy) is 1. The highest BCUT2D eigenvalue weighted by molar-refractivity contribution is 7.15. The highest BCUT2D eigenvalue weighted by Gasteiger charge is 2.44. The molecule has 2 aromatic heterocycles. The minimum atomic E-state index is -0.570. The predicted octanol–water partition coefficient (Wildman–Crippen LogP) is 3.62. The number of carbonyl (C=O) groups excluding carboxylic acids is 1. The number of esters is 1. The van der Waals surface area contributed by atoms with Crippen LogP contribution in [0, 0.1) is 6.92 Å². The number of nitrogens with zero attached hydrogens (tertiary/aromatic N) is 2. The summed E-state index contributed by atoms with van der Waals surface area (Å²) in [6.45, 7) is 1.89. The number of rotatable bonds is 4. The molecule has 0 saturated heterocycles. The van der Waals surface area contributed by atoms with Crippen LogP contribution in [0.2, 0.25) is 0 Å². The van der Waals surface area contributed by atoms with Gasteiger partial charge >= 0.3 is 5.97 Å². The minimum Gasteiger partial charge on any atom is -0.458 e. The summed E-state index contributed by atoms with van der Waals surface area (Å²) in [6.07, 6.45) is 3.64. The molecule has 134 valence electrons. The van der Waals surface area contributed by atoms with Gasteiger partial charge in [-0.05, 0) is 25.3 Å². The van der Waals surface area contributed by atoms with Gasteiger partial charge in [-0.25, -0.2) is 4.98 Å². The lowest BCUT2D eigenvalue weighted by atomic mass is 9.79. The standard InChI is InChI=1S/C20H20N2O3S/c1-14-13-26-19-21-16(11-17(23)22(14)19)12-25-18(24)20(9-5-6-10-20)15-7-3-2-4-8-15/h2-4,7-8,11,13H,5-6,9-10,12H2,1H3. The molecule has 1 aromatic carbocycles. The van der Waals surface area contributed by atoms with Gasteiger partial charge in [0.1, 0.15) is 6.61 Å². The number of aromatic nitrogens is 2. The maximum Gasteiger partial charge on any atom is 0.316 e. The number of aryl methyl sites for hydroxylation is 1. The van der Waals surface area contributed by atoms with Crippen LogP contribution >= 0.6 is 11.3 Å². The van der Waals surface area contributed by atoms with E-state index < -0.39 is 5.41 Å². The Morgan fingerprint density at radius 3 is 2.73 bits per heavy atom. The monoisotopic (exact) mass is 368 g/mol. The van der Waals surface area contributed by atoms with Crippen molar-refractivity contribution in [1.82, 2.24) is 9.38 Å². The first-order chi connectivity index (χ1) is 12.6. The van der Waals surface area contributed by atoms with Crippen LogP contribution in [-0.4, -0.2) is 15.4 Å². The fourth-order valence-electron chi connectivity index (χ4n) is 3.80. The summed E-state index contributed by atoms with van der Waals surface area (Å²) >= 11 is 1.41. The van der Waals surface area contributed by atoms with E-state index in [2.05, 4.69) is 4.98 Å². The summed E-state index contributed by atoms with van der Waals surface area (Å²) in [5.41, 5.74) is 1.66. The van der Waals surface area contributed by atoms with E-state index in [9.17, 15) is 9.59 Å². The Kier molecular flexibility index (Phi) is 4.36. The second kappa shape index (κ2) is 6.68. The molecule has 0 unspecified atom stereocenters. The highest BCUT2D eigenvalue weighted by atomic mass is 32.1. The number of thiazole rings is 1. The van der Waals surface area contributed by atoms with Gasteiger partial charge in [0.15, 0.2) is 4.96 Å². The van der Waals surface area contributed by atoms with Gasteiger partial charge in [-0.3, -0.25) is 14.0 Å². The molecule has 0 amide bonds. The summed E-state index contributed by atoms with van der Waals surface area (Å²) in [5, 5.41) is 1.89. The van der Waals surface area contributed by atoms with E-state index in [0.29, 0.717) is 10.7 Å². The zero-order valence-corrected chi connectivity index (χ0v) is 15.4. The summed E-state index contributed by atoms with van der Waals surface area (Å²) < 4.78 is 7.20. The zero-order valence-electron chi connectivity index (χ0n) is 14.6. The summed E-state index contributed by atoms with van der Waals surface area (Å²) in [7, 11) is 0. The average molecular weight is 368 g/mol. The first-order valence-electron chi connectivity index (χ1n) is 8.80. The van der Waals surface area contributed by atoms with Crippen LogP contribution in [0.3, 0.4) is 0 Å². The average Bonchev–Trinajstić information content (AvgIpc) is 3.29.